The minimum Gasteiger partial charge on any atom is -0.478 e. The average Bonchev–Trinajstić information content (AvgIpc) is 2.42. The van der Waals surface area contributed by atoms with E-state index in [0.717, 1.165) is 12.3 Å². The number of rotatable bonds is 4. The number of carboxylic acid groups (broad SMARTS) is 1. The number of nitrogens with zero attached hydrogens (tertiary/aromatic N) is 2. The number of halogens is 1. The maximum absolute atomic E-state index is 13.7. The summed E-state index contributed by atoms with van der Waals surface area (Å²) < 4.78 is 18.9. The first-order valence-electron chi connectivity index (χ1n) is 5.70. The van der Waals surface area contributed by atoms with E-state index >= 15 is 0 Å². The highest BCUT2D eigenvalue weighted by atomic mass is 19.1. The molecule has 0 aliphatic heterocycles. The van der Waals surface area contributed by atoms with E-state index in [-0.39, 0.29) is 28.4 Å². The molecule has 21 heavy (non-hydrogen) atoms. The van der Waals surface area contributed by atoms with Crippen LogP contribution < -0.4 is 4.74 Å². The van der Waals surface area contributed by atoms with Crippen molar-refractivity contribution in [3.05, 3.63) is 57.5 Å². The lowest BCUT2D eigenvalue weighted by Crippen LogP contribution is -1.99. The number of ether oxygens (including phenoxy) is 1. The Morgan fingerprint density at radius 1 is 1.43 bits per heavy atom. The van der Waals surface area contributed by atoms with Gasteiger partial charge < -0.3 is 9.84 Å². The molecule has 0 fully saturated rings. The molecule has 108 valence electrons. The fraction of sp³-hybridized carbons (Fsp3) is 0.0769. The largest absolute Gasteiger partial charge is 0.478 e. The van der Waals surface area contributed by atoms with Crippen LogP contribution in [-0.2, 0) is 0 Å². The van der Waals surface area contributed by atoms with E-state index in [1.54, 1.807) is 0 Å². The summed E-state index contributed by atoms with van der Waals surface area (Å²) in [6.45, 7) is 1.45. The van der Waals surface area contributed by atoms with Gasteiger partial charge in [-0.25, -0.2) is 14.2 Å². The predicted molar refractivity (Wildman–Crippen MR) is 69.1 cm³/mol. The zero-order valence-corrected chi connectivity index (χ0v) is 10.7. The molecule has 0 saturated carbocycles. The van der Waals surface area contributed by atoms with Gasteiger partial charge in [-0.2, -0.15) is 0 Å². The minimum absolute atomic E-state index is 0.0212. The summed E-state index contributed by atoms with van der Waals surface area (Å²) in [5.74, 6) is -2.30. The lowest BCUT2D eigenvalue weighted by molar-refractivity contribution is -0.385. The molecule has 1 aromatic carbocycles. The Bertz CT molecular complexity index is 715. The molecular formula is C13H9FN2O5. The molecule has 0 unspecified atom stereocenters. The van der Waals surface area contributed by atoms with E-state index in [1.807, 2.05) is 0 Å². The molecule has 1 aromatic heterocycles. The summed E-state index contributed by atoms with van der Waals surface area (Å²) in [6.07, 6.45) is 1.06. The van der Waals surface area contributed by atoms with Crippen LogP contribution in [0.1, 0.15) is 15.9 Å². The Morgan fingerprint density at radius 2 is 2.14 bits per heavy atom. The zero-order chi connectivity index (χ0) is 15.6. The third-order valence-corrected chi connectivity index (χ3v) is 2.64. The summed E-state index contributed by atoms with van der Waals surface area (Å²) in [6, 6.07) is 4.46. The van der Waals surface area contributed by atoms with E-state index < -0.39 is 16.7 Å². The second kappa shape index (κ2) is 5.53. The normalized spacial score (nSPS) is 10.2. The van der Waals surface area contributed by atoms with E-state index in [1.165, 1.54) is 25.1 Å². The van der Waals surface area contributed by atoms with Gasteiger partial charge in [-0.1, -0.05) is 0 Å². The number of aromatic carboxylic acids is 1. The Labute approximate surface area is 117 Å². The Kier molecular flexibility index (Phi) is 3.79. The van der Waals surface area contributed by atoms with Crippen molar-refractivity contribution >= 4 is 11.7 Å². The number of carboxylic acids is 1. The van der Waals surface area contributed by atoms with Crippen LogP contribution in [-0.4, -0.2) is 21.0 Å². The maximum Gasteiger partial charge on any atom is 0.337 e. The molecule has 2 aromatic rings. The van der Waals surface area contributed by atoms with Gasteiger partial charge >= 0.3 is 5.97 Å². The first kappa shape index (κ1) is 14.4. The van der Waals surface area contributed by atoms with Crippen molar-refractivity contribution in [3.63, 3.8) is 0 Å². The first-order valence-corrected chi connectivity index (χ1v) is 5.70. The number of hydrogen-bond donors (Lipinski definition) is 1. The van der Waals surface area contributed by atoms with Crippen molar-refractivity contribution in [2.45, 2.75) is 6.92 Å². The van der Waals surface area contributed by atoms with Gasteiger partial charge in [-0.3, -0.25) is 10.1 Å². The van der Waals surface area contributed by atoms with Crippen LogP contribution >= 0.6 is 0 Å². The van der Waals surface area contributed by atoms with Crippen LogP contribution in [0.25, 0.3) is 0 Å². The van der Waals surface area contributed by atoms with Crippen molar-refractivity contribution in [2.24, 2.45) is 0 Å². The SMILES string of the molecule is Cc1cc(Oc2ccc(C(=O)O)cn2)c(F)cc1[N+](=O)[O-]. The van der Waals surface area contributed by atoms with Gasteiger partial charge in [0.05, 0.1) is 16.6 Å². The van der Waals surface area contributed by atoms with E-state index in [9.17, 15) is 19.3 Å². The molecule has 7 nitrogen and oxygen atoms in total. The van der Waals surface area contributed by atoms with E-state index in [2.05, 4.69) is 4.98 Å². The number of nitro benzene ring substituents is 1. The molecule has 0 spiro atoms. The molecule has 0 radical (unpaired) electrons. The fourth-order valence-electron chi connectivity index (χ4n) is 1.60. The number of benzene rings is 1. The topological polar surface area (TPSA) is 103 Å². The monoisotopic (exact) mass is 292 g/mol. The van der Waals surface area contributed by atoms with Crippen molar-refractivity contribution in [3.8, 4) is 11.6 Å². The maximum atomic E-state index is 13.7. The molecule has 0 aliphatic rings. The van der Waals surface area contributed by atoms with Crippen LogP contribution in [0.5, 0.6) is 11.6 Å². The van der Waals surface area contributed by atoms with Crippen LogP contribution in [0, 0.1) is 22.9 Å². The molecule has 0 atom stereocenters. The summed E-state index contributed by atoms with van der Waals surface area (Å²) in [7, 11) is 0. The molecule has 8 heteroatoms. The number of carbonyl (C=O) groups is 1. The average molecular weight is 292 g/mol. The number of aryl methyl sites for hydroxylation is 1. The third-order valence-electron chi connectivity index (χ3n) is 2.64. The summed E-state index contributed by atoms with van der Waals surface area (Å²) >= 11 is 0. The molecule has 2 rings (SSSR count). The van der Waals surface area contributed by atoms with Gasteiger partial charge in [0.2, 0.25) is 5.88 Å². The van der Waals surface area contributed by atoms with Crippen molar-refractivity contribution < 1.29 is 24.0 Å². The molecule has 0 amide bonds. The Balaban J connectivity index is 2.29. The highest BCUT2D eigenvalue weighted by molar-refractivity contribution is 5.87. The fourth-order valence-corrected chi connectivity index (χ4v) is 1.60. The van der Waals surface area contributed by atoms with Crippen LogP contribution in [0.4, 0.5) is 10.1 Å². The van der Waals surface area contributed by atoms with E-state index in [4.69, 9.17) is 9.84 Å². The number of pyridine rings is 1. The first-order chi connectivity index (χ1) is 9.88. The van der Waals surface area contributed by atoms with Crippen molar-refractivity contribution in [2.75, 3.05) is 0 Å². The lowest BCUT2D eigenvalue weighted by atomic mass is 10.2. The summed E-state index contributed by atoms with van der Waals surface area (Å²) in [5.41, 5.74) is -0.157. The third kappa shape index (κ3) is 3.11. The highest BCUT2D eigenvalue weighted by Crippen LogP contribution is 2.29. The number of hydrogen-bond acceptors (Lipinski definition) is 5. The van der Waals surface area contributed by atoms with Crippen molar-refractivity contribution in [1.29, 1.82) is 0 Å². The lowest BCUT2D eigenvalue weighted by Gasteiger charge is -2.07. The summed E-state index contributed by atoms with van der Waals surface area (Å²) in [4.78, 5) is 24.4. The Morgan fingerprint density at radius 3 is 2.67 bits per heavy atom. The summed E-state index contributed by atoms with van der Waals surface area (Å²) in [5, 5.41) is 19.4. The van der Waals surface area contributed by atoms with Gasteiger partial charge in [-0.05, 0) is 19.1 Å². The van der Waals surface area contributed by atoms with E-state index in [0.29, 0.717) is 0 Å². The second-order valence-corrected chi connectivity index (χ2v) is 4.12. The van der Waals surface area contributed by atoms with Crippen LogP contribution in [0.15, 0.2) is 30.5 Å². The Hall–Kier alpha value is -3.03. The smallest absolute Gasteiger partial charge is 0.337 e. The van der Waals surface area contributed by atoms with Gasteiger partial charge in [0, 0.05) is 17.8 Å². The van der Waals surface area contributed by atoms with Crippen LogP contribution in [0.3, 0.4) is 0 Å². The minimum atomic E-state index is -1.15. The number of aromatic nitrogens is 1. The molecule has 0 aliphatic carbocycles. The predicted octanol–water partition coefficient (Wildman–Crippen LogP) is 2.93. The quantitative estimate of drug-likeness (QED) is 0.686. The highest BCUT2D eigenvalue weighted by Gasteiger charge is 2.17. The second-order valence-electron chi connectivity index (χ2n) is 4.12. The zero-order valence-electron chi connectivity index (χ0n) is 10.7. The van der Waals surface area contributed by atoms with Gasteiger partial charge in [-0.15, -0.1) is 0 Å². The van der Waals surface area contributed by atoms with Gasteiger partial charge in [0.25, 0.3) is 5.69 Å². The molecule has 0 bridgehead atoms. The number of nitro groups is 1. The molecular weight excluding hydrogens is 283 g/mol. The van der Waals surface area contributed by atoms with Gasteiger partial charge in [0.15, 0.2) is 11.6 Å². The van der Waals surface area contributed by atoms with Crippen LogP contribution in [0.2, 0.25) is 0 Å². The molecule has 0 saturated heterocycles. The van der Waals surface area contributed by atoms with Crippen molar-refractivity contribution in [1.82, 2.24) is 4.98 Å². The molecule has 1 heterocycles. The standard InChI is InChI=1S/C13H9FN2O5/c1-7-4-11(9(14)5-10(7)16(19)20)21-12-3-2-8(6-15-12)13(17)18/h2-6H,1H3,(H,17,18). The van der Waals surface area contributed by atoms with Gasteiger partial charge in [0.1, 0.15) is 0 Å². The molecule has 1 N–H and O–H groups in total.